The maximum atomic E-state index is 11.8. The molecule has 37 heavy (non-hydrogen) atoms. The fourth-order valence-corrected chi connectivity index (χ4v) is 3.13. The molecule has 0 aliphatic heterocycles. The number of aliphatic hydroxyl groups excluding tert-OH is 2. The van der Waals surface area contributed by atoms with Crippen molar-refractivity contribution in [1.29, 1.82) is 0 Å². The van der Waals surface area contributed by atoms with E-state index in [1.54, 1.807) is 6.08 Å². The number of allylic oxidation sites excluding steroid dienone is 9. The average molecular weight is 519 g/mol. The Hall–Kier alpha value is -2.44. The summed E-state index contributed by atoms with van der Waals surface area (Å²) < 4.78 is 10.1. The van der Waals surface area contributed by atoms with Crippen LogP contribution >= 0.6 is 0 Å². The van der Waals surface area contributed by atoms with E-state index in [2.05, 4.69) is 43.4 Å². The van der Waals surface area contributed by atoms with Crippen molar-refractivity contribution in [2.24, 2.45) is 0 Å². The van der Waals surface area contributed by atoms with Crippen molar-refractivity contribution in [3.05, 3.63) is 60.8 Å². The average Bonchev–Trinajstić information content (AvgIpc) is 2.90. The van der Waals surface area contributed by atoms with Gasteiger partial charge in [-0.2, -0.15) is 0 Å². The summed E-state index contributed by atoms with van der Waals surface area (Å²) in [5.74, 6) is -0.674. The highest BCUT2D eigenvalue weighted by atomic mass is 16.6. The summed E-state index contributed by atoms with van der Waals surface area (Å²) in [4.78, 5) is 23.4. The summed E-state index contributed by atoms with van der Waals surface area (Å²) in [7, 11) is 0. The molecule has 0 amide bonds. The molecule has 0 spiro atoms. The summed E-state index contributed by atoms with van der Waals surface area (Å²) in [6, 6.07) is 0. The molecule has 0 aliphatic rings. The van der Waals surface area contributed by atoms with Gasteiger partial charge in [0.1, 0.15) is 19.3 Å². The van der Waals surface area contributed by atoms with Crippen LogP contribution in [0.5, 0.6) is 0 Å². The molecule has 6 nitrogen and oxygen atoms in total. The third kappa shape index (κ3) is 26.4. The van der Waals surface area contributed by atoms with Gasteiger partial charge < -0.3 is 19.7 Å². The van der Waals surface area contributed by atoms with Gasteiger partial charge in [0, 0.05) is 12.8 Å². The second-order valence-electron chi connectivity index (χ2n) is 8.99. The lowest BCUT2D eigenvalue weighted by molar-refractivity contribution is -0.152. The molecule has 0 aliphatic carbocycles. The van der Waals surface area contributed by atoms with Gasteiger partial charge in [-0.15, -0.1) is 0 Å². The fourth-order valence-electron chi connectivity index (χ4n) is 3.13. The van der Waals surface area contributed by atoms with E-state index in [0.717, 1.165) is 57.8 Å². The minimum absolute atomic E-state index is 0.146. The number of carbonyl (C=O) groups is 2. The number of ether oxygens (including phenoxy) is 2. The van der Waals surface area contributed by atoms with Crippen LogP contribution in [-0.2, 0) is 19.1 Å². The zero-order valence-corrected chi connectivity index (χ0v) is 23.1. The Morgan fingerprint density at radius 3 is 1.81 bits per heavy atom. The molecule has 0 rings (SSSR count). The molecule has 0 radical (unpaired) electrons. The molecule has 0 heterocycles. The highest BCUT2D eigenvalue weighted by molar-refractivity contribution is 5.69. The van der Waals surface area contributed by atoms with Gasteiger partial charge in [-0.25, -0.2) is 0 Å². The third-order valence-electron chi connectivity index (χ3n) is 5.42. The number of unbranched alkanes of at least 4 members (excludes halogenated alkanes) is 5. The summed E-state index contributed by atoms with van der Waals surface area (Å²) in [6.45, 7) is 3.78. The van der Waals surface area contributed by atoms with Crippen LogP contribution in [0.2, 0.25) is 0 Å². The molecule has 210 valence electrons. The Balaban J connectivity index is 3.67. The molecule has 0 saturated carbocycles. The predicted octanol–water partition coefficient (Wildman–Crippen LogP) is 6.69. The van der Waals surface area contributed by atoms with Crippen LogP contribution < -0.4 is 0 Å². The lowest BCUT2D eigenvalue weighted by Crippen LogP contribution is -2.25. The summed E-state index contributed by atoms with van der Waals surface area (Å²) in [6.07, 6.45) is 29.6. The summed E-state index contributed by atoms with van der Waals surface area (Å²) in [5, 5.41) is 19.2. The minimum atomic E-state index is -0.992. The van der Waals surface area contributed by atoms with E-state index in [9.17, 15) is 19.8 Å². The van der Waals surface area contributed by atoms with Crippen LogP contribution in [0.15, 0.2) is 60.8 Å². The van der Waals surface area contributed by atoms with Gasteiger partial charge in [0.05, 0.1) is 6.10 Å². The Kier molecular flexibility index (Phi) is 24.9. The first-order valence-corrected chi connectivity index (χ1v) is 13.9. The first-order valence-electron chi connectivity index (χ1n) is 13.9. The minimum Gasteiger partial charge on any atom is -0.463 e. The number of esters is 2. The van der Waals surface area contributed by atoms with Crippen LogP contribution in [-0.4, -0.2) is 47.6 Å². The van der Waals surface area contributed by atoms with Crippen molar-refractivity contribution in [1.82, 2.24) is 0 Å². The van der Waals surface area contributed by atoms with Gasteiger partial charge in [0.2, 0.25) is 0 Å². The molecule has 0 unspecified atom stereocenters. The van der Waals surface area contributed by atoms with E-state index in [1.165, 1.54) is 6.42 Å². The highest BCUT2D eigenvalue weighted by Gasteiger charge is 2.11. The smallest absolute Gasteiger partial charge is 0.305 e. The first-order chi connectivity index (χ1) is 18.0. The molecule has 0 fully saturated rings. The monoisotopic (exact) mass is 518 g/mol. The summed E-state index contributed by atoms with van der Waals surface area (Å²) in [5.41, 5.74) is 0. The van der Waals surface area contributed by atoms with Crippen LogP contribution in [0.3, 0.4) is 0 Å². The first kappa shape index (κ1) is 34.6. The largest absolute Gasteiger partial charge is 0.463 e. The molecule has 0 saturated heterocycles. The number of aliphatic hydroxyl groups is 2. The molecule has 6 heteroatoms. The van der Waals surface area contributed by atoms with E-state index < -0.39 is 6.10 Å². The maximum absolute atomic E-state index is 11.8. The van der Waals surface area contributed by atoms with Crippen molar-refractivity contribution < 1.29 is 29.3 Å². The van der Waals surface area contributed by atoms with Gasteiger partial charge in [-0.3, -0.25) is 9.59 Å². The molecule has 2 N–H and O–H groups in total. The molecule has 2 atom stereocenters. The molecule has 0 aromatic heterocycles. The SMILES string of the molecule is CCCCCCCC(=O)OC[C@@H](O)COC(=O)CCC/C=C\C/C=C\C/C=C\C/C=C\C=C\[C@@H](O)CC. The van der Waals surface area contributed by atoms with Gasteiger partial charge in [-0.1, -0.05) is 100 Å². The predicted molar refractivity (Wildman–Crippen MR) is 151 cm³/mol. The second kappa shape index (κ2) is 26.6. The summed E-state index contributed by atoms with van der Waals surface area (Å²) >= 11 is 0. The van der Waals surface area contributed by atoms with E-state index in [1.807, 2.05) is 25.2 Å². The topological polar surface area (TPSA) is 93.1 Å². The van der Waals surface area contributed by atoms with Crippen molar-refractivity contribution >= 4 is 11.9 Å². The van der Waals surface area contributed by atoms with E-state index in [4.69, 9.17) is 9.47 Å². The molecular weight excluding hydrogens is 468 g/mol. The van der Waals surface area contributed by atoms with E-state index in [0.29, 0.717) is 19.3 Å². The third-order valence-corrected chi connectivity index (χ3v) is 5.42. The lowest BCUT2D eigenvalue weighted by Gasteiger charge is -2.12. The van der Waals surface area contributed by atoms with Crippen LogP contribution in [0.25, 0.3) is 0 Å². The molecule has 0 bridgehead atoms. The normalized spacial score (nSPS) is 13.9. The van der Waals surface area contributed by atoms with Crippen molar-refractivity contribution in [3.63, 3.8) is 0 Å². The Bertz CT molecular complexity index is 704. The molecular formula is C31H50O6. The van der Waals surface area contributed by atoms with Crippen molar-refractivity contribution in [3.8, 4) is 0 Å². The van der Waals surface area contributed by atoms with Gasteiger partial charge >= 0.3 is 11.9 Å². The second-order valence-corrected chi connectivity index (χ2v) is 8.99. The molecule has 0 aromatic carbocycles. The zero-order chi connectivity index (χ0) is 27.4. The van der Waals surface area contributed by atoms with E-state index in [-0.39, 0.29) is 31.3 Å². The molecule has 0 aromatic rings. The lowest BCUT2D eigenvalue weighted by atomic mass is 10.1. The van der Waals surface area contributed by atoms with Gasteiger partial charge in [-0.05, 0) is 44.9 Å². The standard InChI is InChI=1S/C31H50O6/c1-3-5-6-17-21-24-30(34)36-26-29(33)27-37-31(35)25-22-19-16-14-12-10-8-7-9-11-13-15-18-20-23-28(32)4-2/h8-11,14-16,18,20,23,28-29,32-33H,3-7,12-13,17,19,21-22,24-27H2,1-2H3/b10-8-,11-9-,16-14-,18-15-,23-20+/t28-,29+/m0/s1. The van der Waals surface area contributed by atoms with Crippen LogP contribution in [0.4, 0.5) is 0 Å². The highest BCUT2D eigenvalue weighted by Crippen LogP contribution is 2.06. The maximum Gasteiger partial charge on any atom is 0.305 e. The van der Waals surface area contributed by atoms with Crippen LogP contribution in [0.1, 0.15) is 97.3 Å². The fraction of sp³-hybridized carbons (Fsp3) is 0.613. The van der Waals surface area contributed by atoms with Crippen molar-refractivity contribution in [2.75, 3.05) is 13.2 Å². The van der Waals surface area contributed by atoms with Gasteiger partial charge in [0.15, 0.2) is 0 Å². The Labute approximate surface area is 224 Å². The number of hydrogen-bond donors (Lipinski definition) is 2. The van der Waals surface area contributed by atoms with E-state index >= 15 is 0 Å². The van der Waals surface area contributed by atoms with Gasteiger partial charge in [0.25, 0.3) is 0 Å². The van der Waals surface area contributed by atoms with Crippen LogP contribution in [0, 0.1) is 0 Å². The zero-order valence-electron chi connectivity index (χ0n) is 23.1. The quantitative estimate of drug-likeness (QED) is 0.0678. The number of carbonyl (C=O) groups excluding carboxylic acids is 2. The van der Waals surface area contributed by atoms with Crippen molar-refractivity contribution in [2.45, 2.75) is 110 Å². The number of hydrogen-bond acceptors (Lipinski definition) is 6. The number of rotatable bonds is 23. The Morgan fingerprint density at radius 2 is 1.22 bits per heavy atom. The Morgan fingerprint density at radius 1 is 0.676 bits per heavy atom.